The summed E-state index contributed by atoms with van der Waals surface area (Å²) in [5.41, 5.74) is 2.58. The first-order chi connectivity index (χ1) is 8.16. The summed E-state index contributed by atoms with van der Waals surface area (Å²) in [5, 5.41) is 9.57. The molecule has 1 aromatic carbocycles. The number of allylic oxidation sites excluding steroid dienone is 1. The number of hydrogen-bond acceptors (Lipinski definition) is 2. The van der Waals surface area contributed by atoms with Crippen LogP contribution in [0, 0.1) is 5.92 Å². The maximum Gasteiger partial charge on any atom is 0.116 e. The van der Waals surface area contributed by atoms with Crippen LogP contribution in [0.15, 0.2) is 30.3 Å². The van der Waals surface area contributed by atoms with Crippen molar-refractivity contribution in [3.05, 3.63) is 35.9 Å². The van der Waals surface area contributed by atoms with E-state index in [2.05, 4.69) is 31.1 Å². The van der Waals surface area contributed by atoms with Gasteiger partial charge in [-0.25, -0.2) is 0 Å². The highest BCUT2D eigenvalue weighted by molar-refractivity contribution is 5.85. The molecule has 0 heterocycles. The van der Waals surface area contributed by atoms with Crippen molar-refractivity contribution in [2.24, 2.45) is 5.92 Å². The Bertz CT molecular complexity index is 415. The molecule has 3 heteroatoms. The largest absolute Gasteiger partial charge is 0.508 e. The van der Waals surface area contributed by atoms with Crippen molar-refractivity contribution < 1.29 is 5.11 Å². The summed E-state index contributed by atoms with van der Waals surface area (Å²) >= 11 is 0. The minimum atomic E-state index is 0. The molecule has 0 unspecified atom stereocenters. The highest BCUT2D eigenvalue weighted by Crippen LogP contribution is 2.33. The predicted molar refractivity (Wildman–Crippen MR) is 79.2 cm³/mol. The quantitative estimate of drug-likeness (QED) is 0.905. The molecule has 0 saturated heterocycles. The molecule has 0 saturated carbocycles. The van der Waals surface area contributed by atoms with Gasteiger partial charge in [-0.1, -0.05) is 18.2 Å². The fourth-order valence-electron chi connectivity index (χ4n) is 2.61. The Hall–Kier alpha value is -0.990. The highest BCUT2D eigenvalue weighted by Gasteiger charge is 2.19. The summed E-state index contributed by atoms with van der Waals surface area (Å²) in [6.45, 7) is 1.08. The molecule has 0 radical (unpaired) electrons. The van der Waals surface area contributed by atoms with Gasteiger partial charge in [-0.2, -0.15) is 0 Å². The highest BCUT2D eigenvalue weighted by atomic mass is 35.5. The second-order valence-electron chi connectivity index (χ2n) is 5.10. The van der Waals surface area contributed by atoms with Crippen LogP contribution in [0.1, 0.15) is 24.8 Å². The van der Waals surface area contributed by atoms with E-state index in [1.54, 1.807) is 6.07 Å². The molecule has 1 atom stereocenters. The SMILES string of the molecule is CN(C)C[C@H]1CCCC=C1c1cccc(O)c1.Cl. The van der Waals surface area contributed by atoms with Gasteiger partial charge in [0.1, 0.15) is 5.75 Å². The lowest BCUT2D eigenvalue weighted by atomic mass is 9.83. The van der Waals surface area contributed by atoms with Gasteiger partial charge < -0.3 is 10.0 Å². The van der Waals surface area contributed by atoms with Crippen LogP contribution in [0.25, 0.3) is 5.57 Å². The topological polar surface area (TPSA) is 23.5 Å². The predicted octanol–water partition coefficient (Wildman–Crippen LogP) is 3.56. The smallest absolute Gasteiger partial charge is 0.116 e. The molecule has 18 heavy (non-hydrogen) atoms. The second kappa shape index (κ2) is 6.81. The van der Waals surface area contributed by atoms with Crippen LogP contribution < -0.4 is 0 Å². The summed E-state index contributed by atoms with van der Waals surface area (Å²) in [6, 6.07) is 7.63. The Balaban J connectivity index is 0.00000162. The van der Waals surface area contributed by atoms with Crippen LogP contribution in [0.5, 0.6) is 5.75 Å². The first kappa shape index (κ1) is 15.1. The molecule has 1 aliphatic rings. The van der Waals surface area contributed by atoms with E-state index in [1.165, 1.54) is 24.0 Å². The molecule has 0 fully saturated rings. The minimum absolute atomic E-state index is 0. The summed E-state index contributed by atoms with van der Waals surface area (Å²) in [7, 11) is 4.24. The zero-order chi connectivity index (χ0) is 12.3. The normalized spacial score (nSPS) is 19.3. The third-order valence-corrected chi connectivity index (χ3v) is 3.33. The van der Waals surface area contributed by atoms with E-state index in [1.807, 2.05) is 12.1 Å². The molecule has 0 bridgehead atoms. The molecule has 0 aromatic heterocycles. The molecule has 2 nitrogen and oxygen atoms in total. The van der Waals surface area contributed by atoms with Gasteiger partial charge in [0.15, 0.2) is 0 Å². The lowest BCUT2D eigenvalue weighted by Gasteiger charge is -2.27. The van der Waals surface area contributed by atoms with Crippen LogP contribution in [0.3, 0.4) is 0 Å². The monoisotopic (exact) mass is 267 g/mol. The van der Waals surface area contributed by atoms with Gasteiger partial charge in [-0.3, -0.25) is 0 Å². The molecule has 1 aliphatic carbocycles. The summed E-state index contributed by atoms with van der Waals surface area (Å²) in [6.07, 6.45) is 6.03. The zero-order valence-corrected chi connectivity index (χ0v) is 11.9. The number of hydrogen-bond donors (Lipinski definition) is 1. The standard InChI is InChI=1S/C15H21NO.ClH/c1-16(2)11-13-6-3-4-9-15(13)12-7-5-8-14(17)10-12;/h5,7-10,13,17H,3-4,6,11H2,1-2H3;1H/t13-;/m1./s1. The van der Waals surface area contributed by atoms with E-state index in [9.17, 15) is 5.11 Å². The maximum absolute atomic E-state index is 9.57. The fraction of sp³-hybridized carbons (Fsp3) is 0.467. The number of aromatic hydroxyl groups is 1. The van der Waals surface area contributed by atoms with Gasteiger partial charge in [-0.15, -0.1) is 12.4 Å². The van der Waals surface area contributed by atoms with E-state index < -0.39 is 0 Å². The molecule has 0 amide bonds. The van der Waals surface area contributed by atoms with Gasteiger partial charge in [0.05, 0.1) is 0 Å². The molecule has 1 N–H and O–H groups in total. The zero-order valence-electron chi connectivity index (χ0n) is 11.1. The molecule has 2 rings (SSSR count). The van der Waals surface area contributed by atoms with Crippen molar-refractivity contribution in [2.75, 3.05) is 20.6 Å². The third kappa shape index (κ3) is 3.76. The molecule has 0 spiro atoms. The molecular formula is C15H22ClNO. The van der Waals surface area contributed by atoms with Gasteiger partial charge in [0.25, 0.3) is 0 Å². The molecule has 0 aliphatic heterocycles. The fourth-order valence-corrected chi connectivity index (χ4v) is 2.61. The van der Waals surface area contributed by atoms with Crippen LogP contribution in [-0.2, 0) is 0 Å². The number of nitrogens with zero attached hydrogens (tertiary/aromatic N) is 1. The van der Waals surface area contributed by atoms with Crippen LogP contribution in [-0.4, -0.2) is 30.6 Å². The van der Waals surface area contributed by atoms with E-state index in [-0.39, 0.29) is 12.4 Å². The Morgan fingerprint density at radius 3 is 2.78 bits per heavy atom. The van der Waals surface area contributed by atoms with Crippen molar-refractivity contribution in [1.82, 2.24) is 4.90 Å². The van der Waals surface area contributed by atoms with Crippen LogP contribution in [0.2, 0.25) is 0 Å². The number of benzene rings is 1. The van der Waals surface area contributed by atoms with Crippen LogP contribution >= 0.6 is 12.4 Å². The van der Waals surface area contributed by atoms with Crippen molar-refractivity contribution >= 4 is 18.0 Å². The number of halogens is 1. The van der Waals surface area contributed by atoms with Crippen molar-refractivity contribution in [3.8, 4) is 5.75 Å². The molecule has 100 valence electrons. The van der Waals surface area contributed by atoms with E-state index >= 15 is 0 Å². The number of rotatable bonds is 3. The molecular weight excluding hydrogens is 246 g/mol. The first-order valence-corrected chi connectivity index (χ1v) is 6.31. The Morgan fingerprint density at radius 1 is 1.33 bits per heavy atom. The Kier molecular flexibility index (Phi) is 5.70. The van der Waals surface area contributed by atoms with Crippen LogP contribution in [0.4, 0.5) is 0 Å². The van der Waals surface area contributed by atoms with Crippen molar-refractivity contribution in [3.63, 3.8) is 0 Å². The number of phenolic OH excluding ortho intramolecular Hbond substituents is 1. The summed E-state index contributed by atoms with van der Waals surface area (Å²) in [5.74, 6) is 0.957. The second-order valence-corrected chi connectivity index (χ2v) is 5.10. The van der Waals surface area contributed by atoms with Gasteiger partial charge in [0, 0.05) is 6.54 Å². The Morgan fingerprint density at radius 2 is 2.11 bits per heavy atom. The lowest BCUT2D eigenvalue weighted by Crippen LogP contribution is -2.24. The molecule has 1 aromatic rings. The summed E-state index contributed by atoms with van der Waals surface area (Å²) in [4.78, 5) is 2.24. The average Bonchev–Trinajstić information content (AvgIpc) is 2.29. The van der Waals surface area contributed by atoms with Crippen molar-refractivity contribution in [1.29, 1.82) is 0 Å². The maximum atomic E-state index is 9.57. The lowest BCUT2D eigenvalue weighted by molar-refractivity contribution is 0.346. The Labute approximate surface area is 116 Å². The van der Waals surface area contributed by atoms with Gasteiger partial charge in [-0.05, 0) is 62.5 Å². The average molecular weight is 268 g/mol. The minimum Gasteiger partial charge on any atom is -0.508 e. The van der Waals surface area contributed by atoms with E-state index in [0.29, 0.717) is 11.7 Å². The third-order valence-electron chi connectivity index (χ3n) is 3.33. The summed E-state index contributed by atoms with van der Waals surface area (Å²) < 4.78 is 0. The number of phenols is 1. The van der Waals surface area contributed by atoms with E-state index in [0.717, 1.165) is 13.0 Å². The van der Waals surface area contributed by atoms with E-state index in [4.69, 9.17) is 0 Å². The van der Waals surface area contributed by atoms with Crippen molar-refractivity contribution in [2.45, 2.75) is 19.3 Å². The van der Waals surface area contributed by atoms with Gasteiger partial charge >= 0.3 is 0 Å². The first-order valence-electron chi connectivity index (χ1n) is 6.31. The van der Waals surface area contributed by atoms with Gasteiger partial charge in [0.2, 0.25) is 0 Å².